The maximum Gasteiger partial charge on any atom is 0.328 e. The number of carbonyl (C=O) groups is 17. The molecule has 0 fully saturated rings. The highest BCUT2D eigenvalue weighted by atomic mass is 32.2. The van der Waals surface area contributed by atoms with Gasteiger partial charge in [-0.1, -0.05) is 48.0 Å². The summed E-state index contributed by atoms with van der Waals surface area (Å²) in [7, 11) is 0. The molecule has 25 N–H and O–H groups in total. The van der Waals surface area contributed by atoms with E-state index in [1.54, 1.807) is 47.8 Å². The van der Waals surface area contributed by atoms with E-state index in [4.69, 9.17) is 28.0 Å². The number of hydrogen-bond acceptors (Lipinski definition) is 21. The Bertz CT molecular complexity index is 2810. The van der Waals surface area contributed by atoms with E-state index in [9.17, 15) is 102 Å². The minimum absolute atomic E-state index is 0.0301. The van der Waals surface area contributed by atoms with Gasteiger partial charge in [-0.3, -0.25) is 81.7 Å². The largest absolute Gasteiger partial charge is 0.481 e. The molecule has 0 aliphatic carbocycles. The van der Waals surface area contributed by atoms with Crippen LogP contribution in [0.25, 0.3) is 0 Å². The Balaban J connectivity index is 7.10. The van der Waals surface area contributed by atoms with E-state index in [2.05, 4.69) is 58.2 Å². The van der Waals surface area contributed by atoms with Crippen LogP contribution in [0.2, 0.25) is 0 Å². The molecule has 0 aromatic rings. The number of aliphatic carboxylic acids is 4. The van der Waals surface area contributed by atoms with E-state index in [1.807, 2.05) is 10.6 Å². The standard InChI is InChI=1S/C58H99N17O22S/c1-9-29(6)46(75-41(78)24-59)56(95)71-32(12-15-40(60)77)49(88)65-30(7)47(86)72-36(21-27(2)3)54(93)70-35(18-20-98-8)53(92)67-31(11-10-19-63-58(61)62)50(89)68-33(13-16-43(80)81)51(90)73-37(22-28(4)5)55(94)69-34(14-17-44(82)83)52(91)74-38(23-45(84)85)48(87)64-25-42(79)66-39(26-76)57(96)97/h27-39,46,76H,9-26,59H2,1-8H3,(H2,60,77)(H,64,87)(H,65,88)(H,66,79)(H,67,92)(H,68,89)(H,69,94)(H,70,93)(H,71,95)(H,72,86)(H,73,90)(H,74,91)(H,75,78)(H,80,81)(H,82,83)(H,84,85)(H,96,97)(H4,61,62,63)/t29-,30-,31-,32-,33-,34-,35-,36-,37-,38-,39-,46-/m0/s1. The Hall–Kier alpha value is -9.47. The zero-order chi connectivity index (χ0) is 75.1. The van der Waals surface area contributed by atoms with Crippen molar-refractivity contribution in [3.63, 3.8) is 0 Å². The third-order valence-corrected chi connectivity index (χ3v) is 15.0. The second-order valence-electron chi connectivity index (χ2n) is 23.7. The first kappa shape index (κ1) is 88.5. The van der Waals surface area contributed by atoms with Crippen LogP contribution in [-0.2, 0) is 81.5 Å². The van der Waals surface area contributed by atoms with Crippen molar-refractivity contribution in [1.29, 1.82) is 0 Å². The first-order valence-electron chi connectivity index (χ1n) is 31.4. The Kier molecular flexibility index (Phi) is 42.1. The molecule has 0 bridgehead atoms. The maximum absolute atomic E-state index is 14.4. The van der Waals surface area contributed by atoms with Crippen molar-refractivity contribution in [1.82, 2.24) is 63.8 Å². The number of nitrogens with one attached hydrogen (secondary N) is 12. The van der Waals surface area contributed by atoms with E-state index < -0.39 is 231 Å². The van der Waals surface area contributed by atoms with Gasteiger partial charge in [-0.05, 0) is 88.1 Å². The van der Waals surface area contributed by atoms with Gasteiger partial charge in [0.15, 0.2) is 5.96 Å². The zero-order valence-electron chi connectivity index (χ0n) is 56.2. The summed E-state index contributed by atoms with van der Waals surface area (Å²) >= 11 is 1.26. The number of nitrogens with two attached hydrogens (primary N) is 4. The van der Waals surface area contributed by atoms with Crippen molar-refractivity contribution < 1.29 is 107 Å². The van der Waals surface area contributed by atoms with Gasteiger partial charge in [0.2, 0.25) is 76.8 Å². The van der Waals surface area contributed by atoms with Crippen molar-refractivity contribution in [2.75, 3.05) is 38.2 Å². The number of thioether (sulfide) groups is 1. The number of nitrogens with zero attached hydrogens (tertiary/aromatic N) is 1. The molecule has 0 aliphatic rings. The molecule has 0 saturated carbocycles. The summed E-state index contributed by atoms with van der Waals surface area (Å²) in [4.78, 5) is 226. The van der Waals surface area contributed by atoms with Gasteiger partial charge in [-0.25, -0.2) is 4.79 Å². The van der Waals surface area contributed by atoms with Crippen LogP contribution in [0, 0.1) is 17.8 Å². The third kappa shape index (κ3) is 36.6. The molecule has 0 rings (SSSR count). The summed E-state index contributed by atoms with van der Waals surface area (Å²) in [5, 5.41) is 75.3. The lowest BCUT2D eigenvalue weighted by Crippen LogP contribution is -2.61. The van der Waals surface area contributed by atoms with Crippen molar-refractivity contribution >= 4 is 118 Å². The number of aliphatic hydroxyl groups is 1. The first-order chi connectivity index (χ1) is 45.8. The number of rotatable bonds is 50. The number of guanidine groups is 1. The van der Waals surface area contributed by atoms with Gasteiger partial charge in [0.1, 0.15) is 66.5 Å². The predicted octanol–water partition coefficient (Wildman–Crippen LogP) is -7.09. The molecule has 13 amide bonds. The number of primary amides is 1. The molecule has 0 radical (unpaired) electrons. The van der Waals surface area contributed by atoms with Gasteiger partial charge in [0, 0.05) is 25.8 Å². The lowest BCUT2D eigenvalue weighted by molar-refractivity contribution is -0.143. The quantitative estimate of drug-likeness (QED) is 0.0153. The molecule has 39 nitrogen and oxygen atoms in total. The predicted molar refractivity (Wildman–Crippen MR) is 349 cm³/mol. The highest BCUT2D eigenvalue weighted by molar-refractivity contribution is 7.98. The Morgan fingerprint density at radius 3 is 1.26 bits per heavy atom. The van der Waals surface area contributed by atoms with Crippen LogP contribution < -0.4 is 86.7 Å². The summed E-state index contributed by atoms with van der Waals surface area (Å²) in [6.07, 6.45) is -3.41. The van der Waals surface area contributed by atoms with Gasteiger partial charge in [0.05, 0.1) is 26.1 Å². The van der Waals surface area contributed by atoms with Crippen LogP contribution in [0.5, 0.6) is 0 Å². The summed E-state index contributed by atoms with van der Waals surface area (Å²) in [6, 6.07) is -17.7. The molecule has 0 aromatic heterocycles. The fourth-order valence-electron chi connectivity index (χ4n) is 8.92. The Morgan fingerprint density at radius 1 is 0.449 bits per heavy atom. The molecule has 98 heavy (non-hydrogen) atoms. The fourth-order valence-corrected chi connectivity index (χ4v) is 9.39. The molecular weight excluding hydrogens is 1320 g/mol. The molecular formula is C58H99N17O22S. The summed E-state index contributed by atoms with van der Waals surface area (Å²) in [6.45, 7) is 8.73. The van der Waals surface area contributed by atoms with E-state index in [0.29, 0.717) is 6.42 Å². The van der Waals surface area contributed by atoms with Crippen LogP contribution in [0.15, 0.2) is 4.99 Å². The minimum atomic E-state index is -2.01. The first-order valence-corrected chi connectivity index (χ1v) is 32.8. The summed E-state index contributed by atoms with van der Waals surface area (Å²) < 4.78 is 0. The normalized spacial score (nSPS) is 14.7. The molecule has 0 aliphatic heterocycles. The number of aliphatic imine (C=N–C) groups is 1. The second-order valence-corrected chi connectivity index (χ2v) is 24.7. The molecule has 40 heteroatoms. The van der Waals surface area contributed by atoms with Gasteiger partial charge in [-0.2, -0.15) is 11.8 Å². The van der Waals surface area contributed by atoms with Crippen LogP contribution >= 0.6 is 11.8 Å². The summed E-state index contributed by atoms with van der Waals surface area (Å²) in [5.74, 6) is -20.9. The molecule has 554 valence electrons. The average molecular weight is 1420 g/mol. The van der Waals surface area contributed by atoms with E-state index in [-0.39, 0.29) is 69.1 Å². The number of aliphatic hydroxyl groups excluding tert-OH is 1. The van der Waals surface area contributed by atoms with Gasteiger partial charge >= 0.3 is 23.9 Å². The van der Waals surface area contributed by atoms with Crippen LogP contribution in [0.4, 0.5) is 0 Å². The van der Waals surface area contributed by atoms with Crippen LogP contribution in [0.3, 0.4) is 0 Å². The Labute approximate surface area is 569 Å². The van der Waals surface area contributed by atoms with Gasteiger partial charge in [0.25, 0.3) is 0 Å². The van der Waals surface area contributed by atoms with E-state index >= 15 is 0 Å². The monoisotopic (exact) mass is 1420 g/mol. The van der Waals surface area contributed by atoms with Crippen LogP contribution in [-0.4, -0.2) is 237 Å². The third-order valence-electron chi connectivity index (χ3n) is 14.4. The van der Waals surface area contributed by atoms with Crippen molar-refractivity contribution in [3.05, 3.63) is 0 Å². The topological polar surface area (TPSA) is 652 Å². The van der Waals surface area contributed by atoms with Gasteiger partial charge in [-0.15, -0.1) is 0 Å². The zero-order valence-corrected chi connectivity index (χ0v) is 57.0. The molecule has 0 spiro atoms. The van der Waals surface area contributed by atoms with Crippen molar-refractivity contribution in [2.45, 2.75) is 198 Å². The molecule has 12 atom stereocenters. The minimum Gasteiger partial charge on any atom is -0.481 e. The molecule has 0 unspecified atom stereocenters. The van der Waals surface area contributed by atoms with Crippen molar-refractivity contribution in [2.24, 2.45) is 45.7 Å². The molecule has 0 aromatic carbocycles. The van der Waals surface area contributed by atoms with Crippen molar-refractivity contribution in [3.8, 4) is 0 Å². The molecule has 0 saturated heterocycles. The highest BCUT2D eigenvalue weighted by Crippen LogP contribution is 2.14. The summed E-state index contributed by atoms with van der Waals surface area (Å²) in [5.41, 5.74) is 21.8. The van der Waals surface area contributed by atoms with E-state index in [1.165, 1.54) is 18.7 Å². The number of carbonyl (C=O) groups excluding carboxylic acids is 13. The second kappa shape index (κ2) is 46.6. The smallest absolute Gasteiger partial charge is 0.328 e. The average Bonchev–Trinajstić information content (AvgIpc) is 0.868. The number of amides is 13. The van der Waals surface area contributed by atoms with Gasteiger partial charge < -0.3 is 112 Å². The fraction of sp³-hybridized carbons (Fsp3) is 0.690. The lowest BCUT2D eigenvalue weighted by atomic mass is 9.97. The van der Waals surface area contributed by atoms with Crippen LogP contribution in [0.1, 0.15) is 132 Å². The Morgan fingerprint density at radius 2 is 0.857 bits per heavy atom. The highest BCUT2D eigenvalue weighted by Gasteiger charge is 2.37. The SMILES string of the molecule is CC[C@H](C)[C@H](NC(=O)CN)C(=O)N[C@@H](CCC(N)=O)C(=O)N[C@@H](C)C(=O)N[C@@H](CC(C)C)C(=O)N[C@@H](CCSC)C(=O)N[C@@H](CCCN=C(N)N)C(=O)N[C@@H](CCC(=O)O)C(=O)N[C@@H](CC(C)C)C(=O)N[C@@H](CCC(=O)O)C(=O)N[C@@H](CC(=O)O)C(=O)NCC(=O)N[C@@H](CO)C(=O)O. The molecule has 0 heterocycles. The number of carboxylic acids is 4. The van der Waals surface area contributed by atoms with E-state index in [0.717, 1.165) is 0 Å². The number of carboxylic acid groups (broad SMARTS) is 4. The maximum atomic E-state index is 14.4. The number of hydrogen-bond donors (Lipinski definition) is 21. The lowest BCUT2D eigenvalue weighted by Gasteiger charge is -2.29.